The molecule has 1 unspecified atom stereocenters. The van der Waals surface area contributed by atoms with Crippen molar-refractivity contribution < 1.29 is 24.5 Å². The first-order chi connectivity index (χ1) is 16.9. The number of hydrogen-bond donors (Lipinski definition) is 5. The van der Waals surface area contributed by atoms with Gasteiger partial charge in [-0.25, -0.2) is 0 Å². The maximum absolute atomic E-state index is 11.8. The van der Waals surface area contributed by atoms with Crippen LogP contribution in [0.3, 0.4) is 0 Å². The summed E-state index contributed by atoms with van der Waals surface area (Å²) in [5, 5.41) is 13.1. The topological polar surface area (TPSA) is 134 Å². The average Bonchev–Trinajstić information content (AvgIpc) is 2.86. The summed E-state index contributed by atoms with van der Waals surface area (Å²) in [5.41, 5.74) is 7.21. The number of hydrazone groups is 1. The minimum atomic E-state index is -0.283. The molecule has 0 saturated carbocycles. The Hall–Kier alpha value is -3.88. The average molecular weight is 478 g/mol. The Morgan fingerprint density at radius 1 is 1.11 bits per heavy atom. The summed E-state index contributed by atoms with van der Waals surface area (Å²) in [6, 6.07) is 19.0. The molecule has 8 heteroatoms. The van der Waals surface area contributed by atoms with Crippen LogP contribution >= 0.6 is 0 Å². The largest absolute Gasteiger partial charge is 0.507 e. The summed E-state index contributed by atoms with van der Waals surface area (Å²) in [4.78, 5) is 11.8. The van der Waals surface area contributed by atoms with Crippen LogP contribution in [0.15, 0.2) is 60.7 Å². The monoisotopic (exact) mass is 477 g/mol. The van der Waals surface area contributed by atoms with Crippen LogP contribution < -0.4 is 26.9 Å². The number of aromatic hydroxyl groups is 1. The summed E-state index contributed by atoms with van der Waals surface area (Å²) in [6.07, 6.45) is 1.16. The number of ketones is 1. The molecule has 0 heterocycles. The zero-order valence-corrected chi connectivity index (χ0v) is 20.3. The predicted octanol–water partition coefficient (Wildman–Crippen LogP) is 2.03. The molecular formula is C27H33N4O4+. The molecule has 1 atom stereocenters. The van der Waals surface area contributed by atoms with Gasteiger partial charge in [0.15, 0.2) is 5.78 Å². The smallest absolute Gasteiger partial charge is 0.315 e. The summed E-state index contributed by atoms with van der Waals surface area (Å²) in [6.45, 7) is 3.78. The molecule has 3 rings (SSSR count). The van der Waals surface area contributed by atoms with Crippen LogP contribution in [0.5, 0.6) is 11.5 Å². The van der Waals surface area contributed by atoms with Crippen LogP contribution in [0.25, 0.3) is 0 Å². The van der Waals surface area contributed by atoms with Gasteiger partial charge in [0.05, 0.1) is 11.1 Å². The highest BCUT2D eigenvalue weighted by Gasteiger charge is 2.18. The zero-order valence-electron chi connectivity index (χ0n) is 20.3. The highest BCUT2D eigenvalue weighted by atomic mass is 16.5. The molecule has 7 N–H and O–H groups in total. The summed E-state index contributed by atoms with van der Waals surface area (Å²) in [7, 11) is 1.66. The van der Waals surface area contributed by atoms with Crippen LogP contribution in [-0.2, 0) is 17.8 Å². The lowest BCUT2D eigenvalue weighted by Gasteiger charge is -2.18. The van der Waals surface area contributed by atoms with E-state index in [9.17, 15) is 9.90 Å². The van der Waals surface area contributed by atoms with Crippen molar-refractivity contribution in [2.45, 2.75) is 39.4 Å². The molecule has 3 aromatic carbocycles. The lowest BCUT2D eigenvalue weighted by Crippen LogP contribution is -2.83. The molecular weight excluding hydrogens is 444 g/mol. The fourth-order valence-electron chi connectivity index (χ4n) is 4.01. The fourth-order valence-corrected chi connectivity index (χ4v) is 4.01. The quantitative estimate of drug-likeness (QED) is 0.0992. The number of methoxy groups -OCH3 is 1. The molecule has 0 spiro atoms. The molecule has 0 aliphatic carbocycles. The first kappa shape index (κ1) is 25.7. The number of amidine groups is 1. The van der Waals surface area contributed by atoms with Crippen molar-refractivity contribution in [2.75, 3.05) is 7.11 Å². The van der Waals surface area contributed by atoms with Crippen molar-refractivity contribution >= 4 is 11.6 Å². The number of benzene rings is 3. The Bertz CT molecular complexity index is 1190. The number of Topliss-reactive ketones (excluding diaryl/α,β-unsaturated/α-hetero) is 1. The van der Waals surface area contributed by atoms with Gasteiger partial charge in [-0.2, -0.15) is 16.4 Å². The molecule has 0 radical (unpaired) electrons. The molecule has 0 aliphatic heterocycles. The predicted molar refractivity (Wildman–Crippen MR) is 135 cm³/mol. The molecule has 0 aromatic heterocycles. The number of hydrazine groups is 2. The van der Waals surface area contributed by atoms with E-state index in [1.807, 2.05) is 55.5 Å². The second-order valence-electron chi connectivity index (χ2n) is 8.18. The second kappa shape index (κ2) is 12.0. The van der Waals surface area contributed by atoms with E-state index in [0.717, 1.165) is 28.7 Å². The minimum Gasteiger partial charge on any atom is -0.507 e. The maximum Gasteiger partial charge on any atom is 0.315 e. The molecule has 35 heavy (non-hydrogen) atoms. The molecule has 0 bridgehead atoms. The van der Waals surface area contributed by atoms with Crippen molar-refractivity contribution in [1.82, 2.24) is 5.43 Å². The van der Waals surface area contributed by atoms with Crippen LogP contribution in [0.4, 0.5) is 0 Å². The number of phenols is 1. The van der Waals surface area contributed by atoms with Gasteiger partial charge in [0.25, 0.3) is 0 Å². The van der Waals surface area contributed by atoms with E-state index in [1.165, 1.54) is 6.92 Å². The third kappa shape index (κ3) is 5.98. The molecule has 3 aromatic rings. The summed E-state index contributed by atoms with van der Waals surface area (Å²) >= 11 is 0. The molecule has 0 fully saturated rings. The molecule has 0 amide bonds. The molecule has 0 aliphatic rings. The SMILES string of the molecule is CCCc1c(OCc2ccc(C(OC)c3cccc(C(NN)=[NH+]N)c3)cc2)ccc(C(C)=O)c1O. The number of hydrogen-bond acceptors (Lipinski definition) is 6. The Morgan fingerprint density at radius 3 is 2.46 bits per heavy atom. The first-order valence-electron chi connectivity index (χ1n) is 11.4. The van der Waals surface area contributed by atoms with Gasteiger partial charge in [0.1, 0.15) is 24.2 Å². The highest BCUT2D eigenvalue weighted by molar-refractivity contribution is 5.97. The molecule has 8 nitrogen and oxygen atoms in total. The number of nitrogens with two attached hydrogens (primary N) is 2. The van der Waals surface area contributed by atoms with Crippen LogP contribution in [0.1, 0.15) is 64.5 Å². The number of nitrogens with one attached hydrogen (secondary N) is 2. The fraction of sp³-hybridized carbons (Fsp3) is 0.259. The Kier molecular flexibility index (Phi) is 8.83. The van der Waals surface area contributed by atoms with Gasteiger partial charge in [-0.1, -0.05) is 49.7 Å². The van der Waals surface area contributed by atoms with Crippen LogP contribution in [0, 0.1) is 0 Å². The van der Waals surface area contributed by atoms with E-state index < -0.39 is 0 Å². The van der Waals surface area contributed by atoms with Crippen LogP contribution in [0.2, 0.25) is 0 Å². The Morgan fingerprint density at radius 2 is 1.86 bits per heavy atom. The first-order valence-corrected chi connectivity index (χ1v) is 11.4. The van der Waals surface area contributed by atoms with E-state index in [1.54, 1.807) is 19.2 Å². The van der Waals surface area contributed by atoms with Gasteiger partial charge in [-0.15, -0.1) is 0 Å². The van der Waals surface area contributed by atoms with Gasteiger partial charge in [0.2, 0.25) is 0 Å². The third-order valence-corrected chi connectivity index (χ3v) is 5.80. The van der Waals surface area contributed by atoms with E-state index in [0.29, 0.717) is 35.7 Å². The normalized spacial score (nSPS) is 12.3. The number of carbonyl (C=O) groups excluding carboxylic acids is 1. The summed E-state index contributed by atoms with van der Waals surface area (Å²) in [5.74, 6) is 12.0. The standard InChI is InChI=1S/C27H32N4O4/c1-4-6-23-24(14-13-22(17(2)32)25(23)33)35-16-18-9-11-19(12-10-18)26(34-3)20-7-5-8-21(15-20)27(30-28)31-29/h5,7-15,26,33H,4,6,16,28-29H2,1-3H3,(H,30,31)/p+1. The van der Waals surface area contributed by atoms with Gasteiger partial charge >= 0.3 is 5.84 Å². The molecule has 0 saturated heterocycles. The highest BCUT2D eigenvalue weighted by Crippen LogP contribution is 2.33. The molecule has 184 valence electrons. The maximum atomic E-state index is 11.8. The minimum absolute atomic E-state index is 0.00689. The van der Waals surface area contributed by atoms with E-state index in [4.69, 9.17) is 21.2 Å². The number of phenolic OH excluding ortho intramolecular Hbond substituents is 1. The zero-order chi connectivity index (χ0) is 25.4. The lowest BCUT2D eigenvalue weighted by molar-refractivity contribution is -0.471. The Labute approximate surface area is 205 Å². The van der Waals surface area contributed by atoms with Crippen molar-refractivity contribution in [2.24, 2.45) is 11.7 Å². The van der Waals surface area contributed by atoms with Gasteiger partial charge < -0.3 is 14.6 Å². The van der Waals surface area contributed by atoms with Gasteiger partial charge in [-0.3, -0.25) is 10.6 Å². The van der Waals surface area contributed by atoms with Crippen molar-refractivity contribution in [3.8, 4) is 11.5 Å². The Balaban J connectivity index is 1.78. The van der Waals surface area contributed by atoms with Crippen molar-refractivity contribution in [1.29, 1.82) is 0 Å². The lowest BCUT2D eigenvalue weighted by atomic mass is 9.98. The van der Waals surface area contributed by atoms with Crippen molar-refractivity contribution in [3.05, 3.63) is 94.0 Å². The van der Waals surface area contributed by atoms with Crippen molar-refractivity contribution in [3.63, 3.8) is 0 Å². The van der Waals surface area contributed by atoms with Crippen LogP contribution in [-0.4, -0.2) is 23.8 Å². The van der Waals surface area contributed by atoms with E-state index in [-0.39, 0.29) is 17.6 Å². The van der Waals surface area contributed by atoms with E-state index in [2.05, 4.69) is 10.5 Å². The summed E-state index contributed by atoms with van der Waals surface area (Å²) < 4.78 is 11.8. The number of ether oxygens (including phenoxy) is 2. The van der Waals surface area contributed by atoms with E-state index >= 15 is 0 Å². The number of rotatable bonds is 10. The van der Waals surface area contributed by atoms with Gasteiger partial charge in [0, 0.05) is 12.7 Å². The third-order valence-electron chi connectivity index (χ3n) is 5.80. The second-order valence-corrected chi connectivity index (χ2v) is 8.18. The van der Waals surface area contributed by atoms with Gasteiger partial charge in [-0.05, 0) is 54.3 Å². The number of carbonyl (C=O) groups is 1.